The quantitative estimate of drug-likeness (QED) is 0.683. The highest BCUT2D eigenvalue weighted by Crippen LogP contribution is 2.23. The summed E-state index contributed by atoms with van der Waals surface area (Å²) in [5.74, 6) is -0.786. The predicted octanol–water partition coefficient (Wildman–Crippen LogP) is 3.66. The third-order valence-corrected chi connectivity index (χ3v) is 5.18. The van der Waals surface area contributed by atoms with Gasteiger partial charge in [0.15, 0.2) is 0 Å². The normalized spacial score (nSPS) is 18.4. The van der Waals surface area contributed by atoms with E-state index in [4.69, 9.17) is 9.47 Å². The zero-order chi connectivity index (χ0) is 22.3. The second kappa shape index (κ2) is 10.5. The Labute approximate surface area is 179 Å². The SMILES string of the molecule is CC[C@@H](C)[C@H](NC(=O)OC(C)(C)C)C(=O)N1CCC[C@@H]1C(=O)OCc1ccccc1. The molecule has 1 aliphatic rings. The predicted molar refractivity (Wildman–Crippen MR) is 114 cm³/mol. The Morgan fingerprint density at radius 1 is 1.20 bits per heavy atom. The molecule has 1 N–H and O–H groups in total. The van der Waals surface area contributed by atoms with Gasteiger partial charge >= 0.3 is 12.1 Å². The van der Waals surface area contributed by atoms with Crippen LogP contribution in [0.4, 0.5) is 4.79 Å². The minimum absolute atomic E-state index is 0.105. The molecule has 0 bridgehead atoms. The lowest BCUT2D eigenvalue weighted by Gasteiger charge is -2.31. The van der Waals surface area contributed by atoms with E-state index in [0.717, 1.165) is 12.0 Å². The summed E-state index contributed by atoms with van der Waals surface area (Å²) in [6.07, 6.45) is 1.34. The molecule has 0 spiro atoms. The van der Waals surface area contributed by atoms with Crippen molar-refractivity contribution in [3.63, 3.8) is 0 Å². The van der Waals surface area contributed by atoms with Gasteiger partial charge in [0.2, 0.25) is 5.91 Å². The molecule has 1 heterocycles. The Morgan fingerprint density at radius 3 is 2.47 bits per heavy atom. The first kappa shape index (κ1) is 23.7. The smallest absolute Gasteiger partial charge is 0.408 e. The minimum atomic E-state index is -0.757. The monoisotopic (exact) mass is 418 g/mol. The fraction of sp³-hybridized carbons (Fsp3) is 0.609. The van der Waals surface area contributed by atoms with Gasteiger partial charge in [0, 0.05) is 6.54 Å². The van der Waals surface area contributed by atoms with Crippen LogP contribution in [-0.4, -0.2) is 47.1 Å². The topological polar surface area (TPSA) is 84.9 Å². The van der Waals surface area contributed by atoms with Crippen LogP contribution in [0.2, 0.25) is 0 Å². The number of nitrogens with one attached hydrogen (secondary N) is 1. The van der Waals surface area contributed by atoms with Crippen molar-refractivity contribution >= 4 is 18.0 Å². The van der Waals surface area contributed by atoms with E-state index in [9.17, 15) is 14.4 Å². The number of nitrogens with zero attached hydrogens (tertiary/aromatic N) is 1. The van der Waals surface area contributed by atoms with Gasteiger partial charge < -0.3 is 19.7 Å². The molecule has 2 rings (SSSR count). The van der Waals surface area contributed by atoms with Gasteiger partial charge in [0.1, 0.15) is 24.3 Å². The molecule has 0 aliphatic carbocycles. The lowest BCUT2D eigenvalue weighted by molar-refractivity contribution is -0.155. The Morgan fingerprint density at radius 2 is 1.87 bits per heavy atom. The molecule has 0 radical (unpaired) electrons. The molecular formula is C23H34N2O5. The van der Waals surface area contributed by atoms with Crippen molar-refractivity contribution in [3.8, 4) is 0 Å². The van der Waals surface area contributed by atoms with Gasteiger partial charge in [-0.2, -0.15) is 0 Å². The lowest BCUT2D eigenvalue weighted by Crippen LogP contribution is -2.55. The van der Waals surface area contributed by atoms with Gasteiger partial charge in [0.25, 0.3) is 0 Å². The first-order valence-electron chi connectivity index (χ1n) is 10.6. The Balaban J connectivity index is 2.05. The van der Waals surface area contributed by atoms with Crippen molar-refractivity contribution in [3.05, 3.63) is 35.9 Å². The molecule has 0 unspecified atom stereocenters. The molecular weight excluding hydrogens is 384 g/mol. The molecule has 30 heavy (non-hydrogen) atoms. The highest BCUT2D eigenvalue weighted by atomic mass is 16.6. The standard InChI is InChI=1S/C23H34N2O5/c1-6-16(2)19(24-22(28)30-23(3,4)5)20(26)25-14-10-13-18(25)21(27)29-15-17-11-8-7-9-12-17/h7-9,11-12,16,18-19H,6,10,13-15H2,1-5H3,(H,24,28)/t16-,18-,19+/m1/s1. The van der Waals surface area contributed by atoms with Crippen molar-refractivity contribution < 1.29 is 23.9 Å². The van der Waals surface area contributed by atoms with Gasteiger partial charge in [-0.1, -0.05) is 50.6 Å². The third kappa shape index (κ3) is 6.75. The number of alkyl carbamates (subject to hydrolysis) is 1. The first-order chi connectivity index (χ1) is 14.1. The summed E-state index contributed by atoms with van der Waals surface area (Å²) >= 11 is 0. The molecule has 3 atom stereocenters. The van der Waals surface area contributed by atoms with Crippen LogP contribution in [0.1, 0.15) is 59.4 Å². The van der Waals surface area contributed by atoms with Crippen molar-refractivity contribution in [2.24, 2.45) is 5.92 Å². The number of hydrogen-bond acceptors (Lipinski definition) is 5. The first-order valence-corrected chi connectivity index (χ1v) is 10.6. The van der Waals surface area contributed by atoms with E-state index >= 15 is 0 Å². The molecule has 1 aromatic carbocycles. The van der Waals surface area contributed by atoms with Crippen LogP contribution < -0.4 is 5.32 Å². The largest absolute Gasteiger partial charge is 0.459 e. The van der Waals surface area contributed by atoms with E-state index in [2.05, 4.69) is 5.32 Å². The summed E-state index contributed by atoms with van der Waals surface area (Å²) < 4.78 is 10.8. The van der Waals surface area contributed by atoms with Gasteiger partial charge in [-0.3, -0.25) is 4.79 Å². The number of esters is 1. The van der Waals surface area contributed by atoms with Crippen LogP contribution in [0, 0.1) is 5.92 Å². The number of carbonyl (C=O) groups excluding carboxylic acids is 3. The second-order valence-corrected chi connectivity index (χ2v) is 8.79. The van der Waals surface area contributed by atoms with Crippen LogP contribution in [0.3, 0.4) is 0 Å². The number of carbonyl (C=O) groups is 3. The number of rotatable bonds is 7. The maximum atomic E-state index is 13.3. The fourth-order valence-electron chi connectivity index (χ4n) is 3.40. The summed E-state index contributed by atoms with van der Waals surface area (Å²) in [6.45, 7) is 9.80. The van der Waals surface area contributed by atoms with Gasteiger partial charge in [-0.25, -0.2) is 9.59 Å². The fourth-order valence-corrected chi connectivity index (χ4v) is 3.40. The van der Waals surface area contributed by atoms with Gasteiger partial charge in [-0.05, 0) is 45.1 Å². The van der Waals surface area contributed by atoms with Crippen molar-refractivity contribution in [1.82, 2.24) is 10.2 Å². The molecule has 1 aromatic rings. The van der Waals surface area contributed by atoms with E-state index in [1.807, 2.05) is 44.2 Å². The molecule has 166 valence electrons. The minimum Gasteiger partial charge on any atom is -0.459 e. The van der Waals surface area contributed by atoms with E-state index < -0.39 is 29.7 Å². The number of benzene rings is 1. The van der Waals surface area contributed by atoms with Crippen LogP contribution in [0.5, 0.6) is 0 Å². The number of likely N-dealkylation sites (tertiary alicyclic amines) is 1. The van der Waals surface area contributed by atoms with E-state index in [1.54, 1.807) is 25.7 Å². The Bertz CT molecular complexity index is 729. The van der Waals surface area contributed by atoms with E-state index in [1.165, 1.54) is 0 Å². The molecule has 1 fully saturated rings. The summed E-state index contributed by atoms with van der Waals surface area (Å²) in [6, 6.07) is 8.04. The molecule has 7 nitrogen and oxygen atoms in total. The van der Waals surface area contributed by atoms with Gasteiger partial charge in [-0.15, -0.1) is 0 Å². The number of amides is 2. The molecule has 0 saturated carbocycles. The maximum absolute atomic E-state index is 13.3. The maximum Gasteiger partial charge on any atom is 0.408 e. The zero-order valence-electron chi connectivity index (χ0n) is 18.6. The highest BCUT2D eigenvalue weighted by molar-refractivity contribution is 5.90. The molecule has 1 saturated heterocycles. The van der Waals surface area contributed by atoms with Crippen molar-refractivity contribution in [2.75, 3.05) is 6.54 Å². The Hall–Kier alpha value is -2.57. The van der Waals surface area contributed by atoms with E-state index in [0.29, 0.717) is 19.4 Å². The zero-order valence-corrected chi connectivity index (χ0v) is 18.6. The van der Waals surface area contributed by atoms with Crippen LogP contribution >= 0.6 is 0 Å². The Kier molecular flexibility index (Phi) is 8.26. The van der Waals surface area contributed by atoms with Crippen LogP contribution in [-0.2, 0) is 25.7 Å². The summed E-state index contributed by atoms with van der Waals surface area (Å²) in [5.41, 5.74) is 0.232. The average molecular weight is 419 g/mol. The average Bonchev–Trinajstić information content (AvgIpc) is 3.18. The van der Waals surface area contributed by atoms with Crippen LogP contribution in [0.25, 0.3) is 0 Å². The van der Waals surface area contributed by atoms with E-state index in [-0.39, 0.29) is 18.4 Å². The lowest BCUT2D eigenvalue weighted by atomic mass is 9.97. The van der Waals surface area contributed by atoms with Crippen molar-refractivity contribution in [2.45, 2.75) is 78.2 Å². The molecule has 0 aromatic heterocycles. The van der Waals surface area contributed by atoms with Crippen molar-refractivity contribution in [1.29, 1.82) is 0 Å². The third-order valence-electron chi connectivity index (χ3n) is 5.18. The van der Waals surface area contributed by atoms with Crippen LogP contribution in [0.15, 0.2) is 30.3 Å². The molecule has 2 amide bonds. The van der Waals surface area contributed by atoms with Gasteiger partial charge in [0.05, 0.1) is 0 Å². The number of ether oxygens (including phenoxy) is 2. The summed E-state index contributed by atoms with van der Waals surface area (Å²) in [4.78, 5) is 39.8. The number of hydrogen-bond donors (Lipinski definition) is 1. The molecule has 1 aliphatic heterocycles. The highest BCUT2D eigenvalue weighted by Gasteiger charge is 2.40. The summed E-state index contributed by atoms with van der Waals surface area (Å²) in [5, 5.41) is 2.71. The summed E-state index contributed by atoms with van der Waals surface area (Å²) in [7, 11) is 0. The second-order valence-electron chi connectivity index (χ2n) is 8.79. The molecule has 7 heteroatoms.